The molecule has 0 radical (unpaired) electrons. The average Bonchev–Trinajstić information content (AvgIpc) is 2.92. The van der Waals surface area contributed by atoms with Crippen LogP contribution in [0.25, 0.3) is 0 Å². The van der Waals surface area contributed by atoms with Crippen molar-refractivity contribution in [3.05, 3.63) is 40.0 Å². The molecule has 0 unspecified atom stereocenters. The predicted octanol–water partition coefficient (Wildman–Crippen LogP) is 2.69. The fraction of sp³-hybridized carbons (Fsp3) is 0.167. The van der Waals surface area contributed by atoms with Crippen LogP contribution in [-0.2, 0) is 14.8 Å². The first kappa shape index (κ1) is 15.7. The van der Waals surface area contributed by atoms with Gasteiger partial charge in [-0.25, -0.2) is 18.2 Å². The van der Waals surface area contributed by atoms with Gasteiger partial charge in [-0.2, -0.15) is 0 Å². The third-order valence-corrected chi connectivity index (χ3v) is 5.74. The Labute approximate surface area is 130 Å². The van der Waals surface area contributed by atoms with Crippen molar-refractivity contribution in [3.8, 4) is 0 Å². The number of ether oxygens (including phenoxy) is 1. The number of halogens is 1. The summed E-state index contributed by atoms with van der Waals surface area (Å²) in [5.74, 6) is -0.807. The highest BCUT2D eigenvalue weighted by molar-refractivity contribution is 7.94. The van der Waals surface area contributed by atoms with Crippen molar-refractivity contribution < 1.29 is 17.9 Å². The number of thiazole rings is 1. The van der Waals surface area contributed by atoms with Crippen LogP contribution in [0, 0.1) is 6.92 Å². The summed E-state index contributed by atoms with van der Waals surface area (Å²) in [6, 6.07) is 4.76. The van der Waals surface area contributed by atoms with Crippen LogP contribution in [-0.4, -0.2) is 26.5 Å². The number of benzene rings is 1. The minimum absolute atomic E-state index is 0.203. The summed E-state index contributed by atoms with van der Waals surface area (Å²) in [5, 5.41) is 0.438. The third kappa shape index (κ3) is 3.34. The molecule has 1 heterocycles. The van der Waals surface area contributed by atoms with Crippen molar-refractivity contribution in [1.29, 1.82) is 0 Å². The highest BCUT2D eigenvalue weighted by Crippen LogP contribution is 2.26. The lowest BCUT2D eigenvalue weighted by Crippen LogP contribution is -2.16. The molecule has 6 nitrogen and oxygen atoms in total. The molecule has 0 amide bonds. The molecular formula is C12H11ClN2O4S2. The average molecular weight is 347 g/mol. The summed E-state index contributed by atoms with van der Waals surface area (Å²) in [7, 11) is -2.78. The minimum atomic E-state index is -3.94. The fourth-order valence-electron chi connectivity index (χ4n) is 1.52. The number of hydrogen-bond donors (Lipinski definition) is 1. The summed E-state index contributed by atoms with van der Waals surface area (Å²) in [6.45, 7) is 1.80. The monoisotopic (exact) mass is 346 g/mol. The predicted molar refractivity (Wildman–Crippen MR) is 80.5 cm³/mol. The van der Waals surface area contributed by atoms with Gasteiger partial charge >= 0.3 is 5.97 Å². The first-order valence-corrected chi connectivity index (χ1v) is 8.40. The molecule has 1 N–H and O–H groups in total. The first-order chi connectivity index (χ1) is 9.85. The van der Waals surface area contributed by atoms with E-state index in [1.54, 1.807) is 19.1 Å². The molecule has 1 aromatic heterocycles. The number of sulfonamides is 1. The maximum absolute atomic E-state index is 12.3. The SMILES string of the molecule is COC(=O)c1ncsc1S(=O)(=O)Nc1ccc(C)c(Cl)c1. The van der Waals surface area contributed by atoms with Crippen molar-refractivity contribution >= 4 is 44.6 Å². The lowest BCUT2D eigenvalue weighted by Gasteiger charge is -2.08. The van der Waals surface area contributed by atoms with E-state index in [2.05, 4.69) is 14.4 Å². The number of aromatic nitrogens is 1. The maximum atomic E-state index is 12.3. The van der Waals surface area contributed by atoms with Crippen LogP contribution in [0.4, 0.5) is 5.69 Å². The normalized spacial score (nSPS) is 11.2. The van der Waals surface area contributed by atoms with Gasteiger partial charge in [0, 0.05) is 5.02 Å². The molecule has 0 aliphatic carbocycles. The standard InChI is InChI=1S/C12H11ClN2O4S2/c1-7-3-4-8(5-9(7)13)15-21(17,18)12-10(11(16)19-2)14-6-20-12/h3-6,15H,1-2H3. The number of carbonyl (C=O) groups excluding carboxylic acids is 1. The number of rotatable bonds is 4. The molecular weight excluding hydrogens is 336 g/mol. The molecule has 0 fully saturated rings. The number of anilines is 1. The van der Waals surface area contributed by atoms with E-state index in [1.165, 1.54) is 11.6 Å². The third-order valence-electron chi connectivity index (χ3n) is 2.58. The summed E-state index contributed by atoms with van der Waals surface area (Å²) in [5.41, 5.74) is 2.15. The number of nitrogens with zero attached hydrogens (tertiary/aromatic N) is 1. The Hall–Kier alpha value is -1.64. The molecule has 2 rings (SSSR count). The lowest BCUT2D eigenvalue weighted by atomic mass is 10.2. The fourth-order valence-corrected chi connectivity index (χ4v) is 3.88. The summed E-state index contributed by atoms with van der Waals surface area (Å²) in [4.78, 5) is 15.2. The van der Waals surface area contributed by atoms with Crippen molar-refractivity contribution in [2.24, 2.45) is 0 Å². The second-order valence-corrected chi connectivity index (χ2v) is 7.19. The van der Waals surface area contributed by atoms with Gasteiger partial charge < -0.3 is 4.74 Å². The van der Waals surface area contributed by atoms with Crippen LogP contribution in [0.15, 0.2) is 27.9 Å². The molecule has 0 aliphatic heterocycles. The Morgan fingerprint density at radius 2 is 2.14 bits per heavy atom. The zero-order valence-electron chi connectivity index (χ0n) is 11.1. The van der Waals surface area contributed by atoms with Gasteiger partial charge in [0.1, 0.15) is 0 Å². The van der Waals surface area contributed by atoms with E-state index in [1.807, 2.05) is 0 Å². The van der Waals surface area contributed by atoms with Crippen molar-refractivity contribution in [2.45, 2.75) is 11.1 Å². The van der Waals surface area contributed by atoms with Gasteiger partial charge in [0.15, 0.2) is 9.90 Å². The molecule has 0 saturated carbocycles. The highest BCUT2D eigenvalue weighted by atomic mass is 35.5. The molecule has 0 bridgehead atoms. The summed E-state index contributed by atoms with van der Waals surface area (Å²) >= 11 is 6.78. The van der Waals surface area contributed by atoms with Crippen LogP contribution < -0.4 is 4.72 Å². The Balaban J connectivity index is 2.37. The number of esters is 1. The van der Waals surface area contributed by atoms with Crippen LogP contribution in [0.3, 0.4) is 0 Å². The van der Waals surface area contributed by atoms with Gasteiger partial charge in [-0.1, -0.05) is 17.7 Å². The second kappa shape index (κ2) is 6.00. The number of hydrogen-bond acceptors (Lipinski definition) is 6. The van der Waals surface area contributed by atoms with Crippen molar-refractivity contribution in [2.75, 3.05) is 11.8 Å². The maximum Gasteiger partial charge on any atom is 0.358 e. The zero-order valence-corrected chi connectivity index (χ0v) is 13.5. The minimum Gasteiger partial charge on any atom is -0.464 e. The Morgan fingerprint density at radius 3 is 2.76 bits per heavy atom. The summed E-state index contributed by atoms with van der Waals surface area (Å²) in [6.07, 6.45) is 0. The van der Waals surface area contributed by atoms with E-state index in [4.69, 9.17) is 11.6 Å². The van der Waals surface area contributed by atoms with E-state index < -0.39 is 16.0 Å². The largest absolute Gasteiger partial charge is 0.464 e. The van der Waals surface area contributed by atoms with Gasteiger partial charge in [-0.3, -0.25) is 4.72 Å². The molecule has 9 heteroatoms. The quantitative estimate of drug-likeness (QED) is 0.860. The number of aryl methyl sites for hydroxylation is 1. The highest BCUT2D eigenvalue weighted by Gasteiger charge is 2.26. The Bertz CT molecular complexity index is 786. The van der Waals surface area contributed by atoms with Crippen LogP contribution in [0.5, 0.6) is 0 Å². The van der Waals surface area contributed by atoms with Gasteiger partial charge in [0.25, 0.3) is 10.0 Å². The smallest absolute Gasteiger partial charge is 0.358 e. The van der Waals surface area contributed by atoms with Crippen LogP contribution in [0.1, 0.15) is 16.1 Å². The number of methoxy groups -OCH3 is 1. The molecule has 0 spiro atoms. The van der Waals surface area contributed by atoms with Crippen molar-refractivity contribution in [3.63, 3.8) is 0 Å². The first-order valence-electron chi connectivity index (χ1n) is 5.66. The summed E-state index contributed by atoms with van der Waals surface area (Å²) < 4.78 is 31.3. The van der Waals surface area contributed by atoms with Gasteiger partial charge in [-0.15, -0.1) is 11.3 Å². The molecule has 2 aromatic rings. The number of nitrogens with one attached hydrogen (secondary N) is 1. The Morgan fingerprint density at radius 1 is 1.43 bits per heavy atom. The molecule has 1 aromatic carbocycles. The topological polar surface area (TPSA) is 85.4 Å². The van der Waals surface area contributed by atoms with Crippen LogP contribution in [0.2, 0.25) is 5.02 Å². The number of carbonyl (C=O) groups is 1. The molecule has 0 saturated heterocycles. The van der Waals surface area contributed by atoms with Gasteiger partial charge in [-0.05, 0) is 24.6 Å². The Kier molecular flexibility index (Phi) is 4.50. The molecule has 0 aliphatic rings. The van der Waals surface area contributed by atoms with Crippen molar-refractivity contribution in [1.82, 2.24) is 4.98 Å². The van der Waals surface area contributed by atoms with E-state index in [-0.39, 0.29) is 9.90 Å². The molecule has 0 atom stereocenters. The van der Waals surface area contributed by atoms with E-state index in [0.717, 1.165) is 24.0 Å². The van der Waals surface area contributed by atoms with Gasteiger partial charge in [0.05, 0.1) is 18.3 Å². The van der Waals surface area contributed by atoms with Gasteiger partial charge in [0.2, 0.25) is 0 Å². The van der Waals surface area contributed by atoms with E-state index in [9.17, 15) is 13.2 Å². The lowest BCUT2D eigenvalue weighted by molar-refractivity contribution is 0.0590. The molecule has 112 valence electrons. The van der Waals surface area contributed by atoms with Crippen LogP contribution >= 0.6 is 22.9 Å². The van der Waals surface area contributed by atoms with E-state index in [0.29, 0.717) is 10.7 Å². The zero-order chi connectivity index (χ0) is 15.6. The van der Waals surface area contributed by atoms with E-state index >= 15 is 0 Å². The molecule has 21 heavy (non-hydrogen) atoms. The second-order valence-electron chi connectivity index (χ2n) is 4.05.